The molecule has 1 N–H and O–H groups in total. The molecule has 2 rings (SSSR count). The molecule has 0 aliphatic heterocycles. The van der Waals surface area contributed by atoms with Crippen LogP contribution in [0.1, 0.15) is 38.0 Å². The van der Waals surface area contributed by atoms with Crippen molar-refractivity contribution in [3.8, 4) is 0 Å². The minimum absolute atomic E-state index is 0. The van der Waals surface area contributed by atoms with Gasteiger partial charge in [-0.05, 0) is 19.5 Å². The highest BCUT2D eigenvalue weighted by Crippen LogP contribution is 2.28. The van der Waals surface area contributed by atoms with E-state index in [1.165, 1.54) is 0 Å². The van der Waals surface area contributed by atoms with Crippen LogP contribution in [0.5, 0.6) is 0 Å². The zero-order valence-electron chi connectivity index (χ0n) is 15.1. The van der Waals surface area contributed by atoms with Gasteiger partial charge >= 0.3 is 0 Å². The summed E-state index contributed by atoms with van der Waals surface area (Å²) in [6, 6.07) is 8.10. The van der Waals surface area contributed by atoms with Crippen molar-refractivity contribution in [2.24, 2.45) is 5.92 Å². The highest BCUT2D eigenvalue weighted by Gasteiger charge is 2.21. The van der Waals surface area contributed by atoms with Gasteiger partial charge in [-0.25, -0.2) is 0 Å². The number of aryl methyl sites for hydroxylation is 1. The zero-order chi connectivity index (χ0) is 16.8. The molecule has 0 saturated heterocycles. The lowest BCUT2D eigenvalue weighted by Crippen LogP contribution is -2.35. The third-order valence-corrected chi connectivity index (χ3v) is 4.24. The first-order chi connectivity index (χ1) is 11.1. The minimum atomic E-state index is -0.0257. The number of amides is 1. The van der Waals surface area contributed by atoms with Crippen LogP contribution in [0.3, 0.4) is 0 Å². The van der Waals surface area contributed by atoms with Crippen molar-refractivity contribution in [3.63, 3.8) is 0 Å². The van der Waals surface area contributed by atoms with Gasteiger partial charge in [0.25, 0.3) is 0 Å². The first kappa shape index (κ1) is 20.5. The van der Waals surface area contributed by atoms with Crippen molar-refractivity contribution >= 4 is 29.3 Å². The third kappa shape index (κ3) is 4.74. The number of hydrogen-bond donors (Lipinski definition) is 1. The van der Waals surface area contributed by atoms with Crippen LogP contribution in [0.2, 0.25) is 0 Å². The number of benzene rings is 1. The second kappa shape index (κ2) is 9.70. The molecule has 0 radical (unpaired) electrons. The normalized spacial score (nSPS) is 12.0. The Morgan fingerprint density at radius 2 is 2.04 bits per heavy atom. The predicted octanol–water partition coefficient (Wildman–Crippen LogP) is 4.01. The summed E-state index contributed by atoms with van der Waals surface area (Å²) in [5, 5.41) is 4.19. The van der Waals surface area contributed by atoms with Gasteiger partial charge in [-0.3, -0.25) is 4.79 Å². The number of fused-ring (bicyclic) bond motifs is 1. The maximum atomic E-state index is 12.5. The lowest BCUT2D eigenvalue weighted by atomic mass is 10.1. The molecule has 5 heteroatoms. The van der Waals surface area contributed by atoms with Gasteiger partial charge in [-0.1, -0.05) is 38.5 Å². The van der Waals surface area contributed by atoms with Gasteiger partial charge in [0.2, 0.25) is 5.91 Å². The highest BCUT2D eigenvalue weighted by molar-refractivity contribution is 5.85. The Kier molecular flexibility index (Phi) is 8.29. The quantitative estimate of drug-likeness (QED) is 0.780. The van der Waals surface area contributed by atoms with Crippen molar-refractivity contribution in [3.05, 3.63) is 35.6 Å². The summed E-state index contributed by atoms with van der Waals surface area (Å²) in [7, 11) is 3.75. The molecule has 0 aliphatic rings. The fourth-order valence-corrected chi connectivity index (χ4v) is 2.95. The van der Waals surface area contributed by atoms with E-state index in [9.17, 15) is 4.79 Å². The first-order valence-corrected chi connectivity index (χ1v) is 8.47. The molecule has 1 heterocycles. The Balaban J connectivity index is 0.00000288. The van der Waals surface area contributed by atoms with E-state index in [2.05, 4.69) is 18.3 Å². The van der Waals surface area contributed by atoms with Gasteiger partial charge in [0.15, 0.2) is 0 Å². The van der Waals surface area contributed by atoms with E-state index in [-0.39, 0.29) is 24.2 Å². The molecule has 134 valence electrons. The third-order valence-electron chi connectivity index (χ3n) is 4.24. The summed E-state index contributed by atoms with van der Waals surface area (Å²) in [5.74, 6) is 1.15. The lowest BCUT2D eigenvalue weighted by Gasteiger charge is -2.21. The molecule has 0 saturated carbocycles. The Morgan fingerprint density at radius 1 is 1.33 bits per heavy atom. The van der Waals surface area contributed by atoms with Crippen LogP contribution in [0.15, 0.2) is 28.7 Å². The average molecular weight is 353 g/mol. The molecular weight excluding hydrogens is 324 g/mol. The number of para-hydroxylation sites is 1. The number of unbranched alkanes of at least 4 members (excludes halogenated alkanes) is 1. The number of rotatable bonds is 8. The van der Waals surface area contributed by atoms with Crippen LogP contribution in [0, 0.1) is 5.92 Å². The molecule has 1 aromatic carbocycles. The summed E-state index contributed by atoms with van der Waals surface area (Å²) in [6.45, 7) is 5.43. The van der Waals surface area contributed by atoms with E-state index in [1.54, 1.807) is 0 Å². The molecule has 0 bridgehead atoms. The summed E-state index contributed by atoms with van der Waals surface area (Å²) in [4.78, 5) is 14.3. The molecular formula is C19H29ClN2O2. The van der Waals surface area contributed by atoms with Crippen molar-refractivity contribution in [2.45, 2.75) is 39.7 Å². The lowest BCUT2D eigenvalue weighted by molar-refractivity contribution is -0.134. The van der Waals surface area contributed by atoms with E-state index in [4.69, 9.17) is 4.42 Å². The minimum Gasteiger partial charge on any atom is -0.461 e. The van der Waals surface area contributed by atoms with Crippen LogP contribution in [0.4, 0.5) is 0 Å². The van der Waals surface area contributed by atoms with Crippen LogP contribution in [-0.4, -0.2) is 31.4 Å². The van der Waals surface area contributed by atoms with E-state index >= 15 is 0 Å². The topological polar surface area (TPSA) is 45.5 Å². The Bertz CT molecular complexity index is 654. The Morgan fingerprint density at radius 3 is 2.71 bits per heavy atom. The zero-order valence-corrected chi connectivity index (χ0v) is 15.9. The van der Waals surface area contributed by atoms with Crippen molar-refractivity contribution in [1.82, 2.24) is 10.2 Å². The molecule has 24 heavy (non-hydrogen) atoms. The van der Waals surface area contributed by atoms with Crippen LogP contribution in [-0.2, 0) is 17.8 Å². The fraction of sp³-hybridized carbons (Fsp3) is 0.526. The van der Waals surface area contributed by atoms with E-state index in [0.717, 1.165) is 41.6 Å². The Labute approximate surface area is 151 Å². The summed E-state index contributed by atoms with van der Waals surface area (Å²) in [6.07, 6.45) is 3.15. The molecule has 1 amide bonds. The van der Waals surface area contributed by atoms with Crippen molar-refractivity contribution < 1.29 is 9.21 Å². The maximum Gasteiger partial charge on any atom is 0.226 e. The molecule has 2 aromatic rings. The van der Waals surface area contributed by atoms with E-state index in [1.807, 2.05) is 44.1 Å². The standard InChI is InChI=1S/C19H28N2O2.ClH/c1-5-6-10-18-16(15-9-7-8-11-17(15)23-18)13-21(4)19(22)14(2)12-20-3;/h7-9,11,14,20H,5-6,10,12-13H2,1-4H3;1H. The van der Waals surface area contributed by atoms with Crippen LogP contribution >= 0.6 is 12.4 Å². The van der Waals surface area contributed by atoms with Crippen LogP contribution < -0.4 is 5.32 Å². The van der Waals surface area contributed by atoms with E-state index < -0.39 is 0 Å². The molecule has 1 atom stereocenters. The van der Waals surface area contributed by atoms with Crippen molar-refractivity contribution in [1.29, 1.82) is 0 Å². The largest absolute Gasteiger partial charge is 0.461 e. The second-order valence-corrected chi connectivity index (χ2v) is 6.26. The number of nitrogens with one attached hydrogen (secondary N) is 1. The fourth-order valence-electron chi connectivity index (χ4n) is 2.95. The monoisotopic (exact) mass is 352 g/mol. The molecule has 1 unspecified atom stereocenters. The van der Waals surface area contributed by atoms with Gasteiger partial charge in [0, 0.05) is 43.4 Å². The maximum absolute atomic E-state index is 12.5. The van der Waals surface area contributed by atoms with Gasteiger partial charge in [0.05, 0.1) is 0 Å². The number of nitrogens with zero attached hydrogens (tertiary/aromatic N) is 1. The smallest absolute Gasteiger partial charge is 0.226 e. The van der Waals surface area contributed by atoms with E-state index in [0.29, 0.717) is 13.1 Å². The molecule has 0 fully saturated rings. The van der Waals surface area contributed by atoms with Crippen molar-refractivity contribution in [2.75, 3.05) is 20.6 Å². The summed E-state index contributed by atoms with van der Waals surface area (Å²) >= 11 is 0. The number of carbonyl (C=O) groups is 1. The van der Waals surface area contributed by atoms with Crippen LogP contribution in [0.25, 0.3) is 11.0 Å². The number of carbonyl (C=O) groups excluding carboxylic acids is 1. The second-order valence-electron chi connectivity index (χ2n) is 6.26. The SMILES string of the molecule is CCCCc1oc2ccccc2c1CN(C)C(=O)C(C)CNC.Cl. The summed E-state index contributed by atoms with van der Waals surface area (Å²) in [5.41, 5.74) is 2.07. The van der Waals surface area contributed by atoms with Gasteiger partial charge in [-0.15, -0.1) is 12.4 Å². The number of hydrogen-bond acceptors (Lipinski definition) is 3. The van der Waals surface area contributed by atoms with Gasteiger partial charge in [-0.2, -0.15) is 0 Å². The first-order valence-electron chi connectivity index (χ1n) is 8.47. The molecule has 0 aliphatic carbocycles. The Hall–Kier alpha value is -1.52. The molecule has 0 spiro atoms. The predicted molar refractivity (Wildman–Crippen MR) is 102 cm³/mol. The summed E-state index contributed by atoms with van der Waals surface area (Å²) < 4.78 is 6.04. The van der Waals surface area contributed by atoms with Gasteiger partial charge in [0.1, 0.15) is 11.3 Å². The number of furan rings is 1. The molecule has 1 aromatic heterocycles. The average Bonchev–Trinajstić information content (AvgIpc) is 2.90. The molecule has 4 nitrogen and oxygen atoms in total. The number of halogens is 1. The highest BCUT2D eigenvalue weighted by atomic mass is 35.5. The van der Waals surface area contributed by atoms with Gasteiger partial charge < -0.3 is 14.6 Å².